The van der Waals surface area contributed by atoms with Crippen molar-refractivity contribution in [3.8, 4) is 0 Å². The third kappa shape index (κ3) is 3.56. The fourth-order valence-corrected chi connectivity index (χ4v) is 4.10. The minimum absolute atomic E-state index is 0.0956. The average molecular weight is 331 g/mol. The van der Waals surface area contributed by atoms with Gasteiger partial charge in [0.25, 0.3) is 0 Å². The average Bonchev–Trinajstić information content (AvgIpc) is 2.74. The molecule has 1 aromatic heterocycles. The highest BCUT2D eigenvalue weighted by molar-refractivity contribution is 9.11. The van der Waals surface area contributed by atoms with E-state index in [0.717, 1.165) is 19.4 Å². The van der Waals surface area contributed by atoms with E-state index in [2.05, 4.69) is 39.6 Å². The number of aryl methyl sites for hydroxylation is 1. The molecule has 1 amide bonds. The van der Waals surface area contributed by atoms with Gasteiger partial charge in [-0.15, -0.1) is 11.3 Å². The van der Waals surface area contributed by atoms with E-state index < -0.39 is 0 Å². The molecule has 1 aliphatic rings. The smallest absolute Gasteiger partial charge is 0.233 e. The highest BCUT2D eigenvalue weighted by Gasteiger charge is 2.22. The summed E-state index contributed by atoms with van der Waals surface area (Å²) < 4.78 is 1.19. The minimum Gasteiger partial charge on any atom is -0.355 e. The molecule has 0 radical (unpaired) electrons. The number of nitrogens with one attached hydrogen (secondary N) is 2. The SMILES string of the molecule is CCCNC(=O)CNC1CCCc2sc(Br)cc21. The molecule has 100 valence electrons. The molecule has 2 rings (SSSR count). The first-order valence-electron chi connectivity index (χ1n) is 6.49. The Kier molecular flexibility index (Phi) is 5.21. The quantitative estimate of drug-likeness (QED) is 0.871. The van der Waals surface area contributed by atoms with Gasteiger partial charge in [0.2, 0.25) is 5.91 Å². The summed E-state index contributed by atoms with van der Waals surface area (Å²) in [6.45, 7) is 3.24. The summed E-state index contributed by atoms with van der Waals surface area (Å²) in [7, 11) is 0. The van der Waals surface area contributed by atoms with Crippen molar-refractivity contribution in [3.05, 3.63) is 20.3 Å². The Bertz CT molecular complexity index is 419. The summed E-state index contributed by atoms with van der Waals surface area (Å²) in [4.78, 5) is 13.0. The van der Waals surface area contributed by atoms with Crippen LogP contribution in [0.4, 0.5) is 0 Å². The second-order valence-electron chi connectivity index (χ2n) is 4.60. The molecule has 3 nitrogen and oxygen atoms in total. The summed E-state index contributed by atoms with van der Waals surface area (Å²) in [6.07, 6.45) is 4.48. The predicted octanol–water partition coefficient (Wildman–Crippen LogP) is 3.00. The molecule has 2 N–H and O–H groups in total. The Balaban J connectivity index is 1.89. The van der Waals surface area contributed by atoms with E-state index in [9.17, 15) is 4.79 Å². The molecule has 1 atom stereocenters. The molecule has 0 aromatic carbocycles. The molecular weight excluding hydrogens is 312 g/mol. The summed E-state index contributed by atoms with van der Waals surface area (Å²) in [5.74, 6) is 0.0956. The molecule has 1 unspecified atom stereocenters. The van der Waals surface area contributed by atoms with Crippen LogP contribution in [0.1, 0.15) is 42.7 Å². The van der Waals surface area contributed by atoms with Crippen LogP contribution in [-0.4, -0.2) is 19.0 Å². The lowest BCUT2D eigenvalue weighted by Crippen LogP contribution is -2.36. The van der Waals surface area contributed by atoms with Crippen LogP contribution in [0.5, 0.6) is 0 Å². The zero-order valence-corrected chi connectivity index (χ0v) is 13.0. The molecule has 1 aliphatic carbocycles. The molecule has 5 heteroatoms. The lowest BCUT2D eigenvalue weighted by molar-refractivity contribution is -0.120. The van der Waals surface area contributed by atoms with Crippen molar-refractivity contribution in [2.24, 2.45) is 0 Å². The minimum atomic E-state index is 0.0956. The van der Waals surface area contributed by atoms with Crippen molar-refractivity contribution in [2.45, 2.75) is 38.6 Å². The maximum atomic E-state index is 11.6. The summed E-state index contributed by atoms with van der Waals surface area (Å²) >= 11 is 5.36. The Morgan fingerprint density at radius 2 is 2.44 bits per heavy atom. The van der Waals surface area contributed by atoms with Gasteiger partial charge in [-0.3, -0.25) is 4.79 Å². The number of fused-ring (bicyclic) bond motifs is 1. The van der Waals surface area contributed by atoms with E-state index in [0.29, 0.717) is 12.6 Å². The molecular formula is C13H19BrN2OS. The maximum Gasteiger partial charge on any atom is 0.233 e. The molecule has 0 spiro atoms. The first-order chi connectivity index (χ1) is 8.70. The summed E-state index contributed by atoms with van der Waals surface area (Å²) in [6, 6.07) is 2.53. The second-order valence-corrected chi connectivity index (χ2v) is 7.12. The van der Waals surface area contributed by atoms with Gasteiger partial charge in [0.1, 0.15) is 0 Å². The van der Waals surface area contributed by atoms with E-state index in [-0.39, 0.29) is 5.91 Å². The van der Waals surface area contributed by atoms with E-state index in [1.807, 2.05) is 11.3 Å². The lowest BCUT2D eigenvalue weighted by Gasteiger charge is -2.23. The van der Waals surface area contributed by atoms with Crippen LogP contribution < -0.4 is 10.6 Å². The largest absolute Gasteiger partial charge is 0.355 e. The Morgan fingerprint density at radius 1 is 1.61 bits per heavy atom. The number of halogens is 1. The zero-order valence-electron chi connectivity index (χ0n) is 10.6. The van der Waals surface area contributed by atoms with Gasteiger partial charge in [0.05, 0.1) is 10.3 Å². The standard InChI is InChI=1S/C13H19BrN2OS/c1-2-6-15-13(17)8-16-10-4-3-5-11-9(10)7-12(14)18-11/h7,10,16H,2-6,8H2,1H3,(H,15,17). The van der Waals surface area contributed by atoms with Crippen LogP contribution >= 0.6 is 27.3 Å². The van der Waals surface area contributed by atoms with E-state index in [1.165, 1.54) is 27.1 Å². The van der Waals surface area contributed by atoms with Crippen molar-refractivity contribution in [2.75, 3.05) is 13.1 Å². The normalized spacial score (nSPS) is 18.4. The number of carbonyl (C=O) groups is 1. The second kappa shape index (κ2) is 6.68. The topological polar surface area (TPSA) is 41.1 Å². The number of rotatable bonds is 5. The molecule has 0 fully saturated rings. The van der Waals surface area contributed by atoms with Gasteiger partial charge in [-0.2, -0.15) is 0 Å². The molecule has 0 aliphatic heterocycles. The van der Waals surface area contributed by atoms with Gasteiger partial charge in [-0.25, -0.2) is 0 Å². The first-order valence-corrected chi connectivity index (χ1v) is 8.10. The molecule has 1 aromatic rings. The molecule has 18 heavy (non-hydrogen) atoms. The van der Waals surface area contributed by atoms with Crippen molar-refractivity contribution < 1.29 is 4.79 Å². The van der Waals surface area contributed by atoms with Crippen molar-refractivity contribution in [1.82, 2.24) is 10.6 Å². The fraction of sp³-hybridized carbons (Fsp3) is 0.615. The third-order valence-electron chi connectivity index (χ3n) is 3.16. The predicted molar refractivity (Wildman–Crippen MR) is 79.0 cm³/mol. The van der Waals surface area contributed by atoms with Gasteiger partial charge in [0.15, 0.2) is 0 Å². The van der Waals surface area contributed by atoms with Crippen molar-refractivity contribution in [3.63, 3.8) is 0 Å². The fourth-order valence-electron chi connectivity index (χ4n) is 2.28. The van der Waals surface area contributed by atoms with E-state index in [4.69, 9.17) is 0 Å². The Labute approximate surface area is 120 Å². The van der Waals surface area contributed by atoms with E-state index in [1.54, 1.807) is 0 Å². The number of hydrogen-bond acceptors (Lipinski definition) is 3. The molecule has 0 saturated heterocycles. The van der Waals surface area contributed by atoms with Gasteiger partial charge in [-0.1, -0.05) is 6.92 Å². The van der Waals surface area contributed by atoms with Crippen LogP contribution in [0.2, 0.25) is 0 Å². The van der Waals surface area contributed by atoms with E-state index >= 15 is 0 Å². The number of thiophene rings is 1. The molecule has 0 bridgehead atoms. The van der Waals surface area contributed by atoms with Gasteiger partial charge < -0.3 is 10.6 Å². The molecule has 0 saturated carbocycles. The highest BCUT2D eigenvalue weighted by atomic mass is 79.9. The number of hydrogen-bond donors (Lipinski definition) is 2. The van der Waals surface area contributed by atoms with Crippen LogP contribution in [0.15, 0.2) is 9.85 Å². The van der Waals surface area contributed by atoms with Gasteiger partial charge in [-0.05, 0) is 53.2 Å². The molecule has 1 heterocycles. The third-order valence-corrected chi connectivity index (χ3v) is 4.88. The number of carbonyl (C=O) groups excluding carboxylic acids is 1. The van der Waals surface area contributed by atoms with Crippen LogP contribution in [0.3, 0.4) is 0 Å². The summed E-state index contributed by atoms with van der Waals surface area (Å²) in [5.41, 5.74) is 1.38. The van der Waals surface area contributed by atoms with Crippen molar-refractivity contribution in [1.29, 1.82) is 0 Å². The number of amides is 1. The van der Waals surface area contributed by atoms with Gasteiger partial charge in [0, 0.05) is 17.5 Å². The van der Waals surface area contributed by atoms with Crippen LogP contribution in [0.25, 0.3) is 0 Å². The lowest BCUT2D eigenvalue weighted by atomic mass is 9.94. The van der Waals surface area contributed by atoms with Gasteiger partial charge >= 0.3 is 0 Å². The summed E-state index contributed by atoms with van der Waals surface area (Å²) in [5, 5.41) is 6.27. The monoisotopic (exact) mass is 330 g/mol. The van der Waals surface area contributed by atoms with Crippen LogP contribution in [0, 0.1) is 0 Å². The van der Waals surface area contributed by atoms with Crippen molar-refractivity contribution >= 4 is 33.2 Å². The first kappa shape index (κ1) is 14.0. The Morgan fingerprint density at radius 3 is 3.22 bits per heavy atom. The maximum absolute atomic E-state index is 11.6. The highest BCUT2D eigenvalue weighted by Crippen LogP contribution is 2.37. The van der Waals surface area contributed by atoms with Crippen LogP contribution in [-0.2, 0) is 11.2 Å². The zero-order chi connectivity index (χ0) is 13.0. The Hall–Kier alpha value is -0.390.